The summed E-state index contributed by atoms with van der Waals surface area (Å²) in [5, 5.41) is 6.43. The van der Waals surface area contributed by atoms with Crippen molar-refractivity contribution < 1.29 is 9.59 Å². The minimum atomic E-state index is -0.254. The molecule has 1 aromatic heterocycles. The maximum atomic E-state index is 12.1. The van der Waals surface area contributed by atoms with Gasteiger partial charge in [-0.05, 0) is 35.4 Å². The third kappa shape index (κ3) is 6.55. The van der Waals surface area contributed by atoms with E-state index >= 15 is 0 Å². The SMILES string of the molecule is O=C(Cc1ccccc1)NCC(=O)Nc1cccc(CSc2ccccn2)c1. The van der Waals surface area contributed by atoms with Gasteiger partial charge in [0.2, 0.25) is 11.8 Å². The van der Waals surface area contributed by atoms with Gasteiger partial charge in [-0.3, -0.25) is 9.59 Å². The minimum Gasteiger partial charge on any atom is -0.347 e. The van der Waals surface area contributed by atoms with Crippen LogP contribution in [0.4, 0.5) is 5.69 Å². The highest BCUT2D eigenvalue weighted by molar-refractivity contribution is 7.98. The smallest absolute Gasteiger partial charge is 0.243 e. The molecule has 1 heterocycles. The van der Waals surface area contributed by atoms with Crippen molar-refractivity contribution in [3.63, 3.8) is 0 Å². The van der Waals surface area contributed by atoms with Gasteiger partial charge in [-0.15, -0.1) is 11.8 Å². The molecule has 28 heavy (non-hydrogen) atoms. The van der Waals surface area contributed by atoms with Crippen LogP contribution in [0.2, 0.25) is 0 Å². The quantitative estimate of drug-likeness (QED) is 0.575. The Kier molecular flexibility index (Phi) is 7.21. The number of anilines is 1. The molecule has 2 N–H and O–H groups in total. The standard InChI is InChI=1S/C22H21N3O2S/c26-20(14-17-7-2-1-3-8-17)24-15-21(27)25-19-10-6-9-18(13-19)16-28-22-11-4-5-12-23-22/h1-13H,14-16H2,(H,24,26)(H,25,27). The average Bonchev–Trinajstić information content (AvgIpc) is 2.73. The Balaban J connectivity index is 1.45. The van der Waals surface area contributed by atoms with Crippen LogP contribution in [0.3, 0.4) is 0 Å². The van der Waals surface area contributed by atoms with Crippen LogP contribution in [0.5, 0.6) is 0 Å². The summed E-state index contributed by atoms with van der Waals surface area (Å²) in [5.41, 5.74) is 2.71. The van der Waals surface area contributed by atoms with E-state index in [-0.39, 0.29) is 24.8 Å². The van der Waals surface area contributed by atoms with Crippen molar-refractivity contribution >= 4 is 29.3 Å². The number of aromatic nitrogens is 1. The van der Waals surface area contributed by atoms with E-state index in [1.54, 1.807) is 18.0 Å². The first-order chi connectivity index (χ1) is 13.7. The summed E-state index contributed by atoms with van der Waals surface area (Å²) in [6.45, 7) is -0.0570. The topological polar surface area (TPSA) is 71.1 Å². The second-order valence-electron chi connectivity index (χ2n) is 6.14. The van der Waals surface area contributed by atoms with E-state index in [1.807, 2.05) is 72.8 Å². The molecule has 3 aromatic rings. The molecule has 3 rings (SSSR count). The second kappa shape index (κ2) is 10.3. The van der Waals surface area contributed by atoms with E-state index in [4.69, 9.17) is 0 Å². The predicted molar refractivity (Wildman–Crippen MR) is 112 cm³/mol. The molecule has 5 nitrogen and oxygen atoms in total. The summed E-state index contributed by atoms with van der Waals surface area (Å²) in [6.07, 6.45) is 2.03. The van der Waals surface area contributed by atoms with Crippen molar-refractivity contribution in [2.24, 2.45) is 0 Å². The molecule has 0 bridgehead atoms. The van der Waals surface area contributed by atoms with Crippen LogP contribution in [0.1, 0.15) is 11.1 Å². The van der Waals surface area contributed by atoms with Gasteiger partial charge < -0.3 is 10.6 Å². The number of benzene rings is 2. The number of carbonyl (C=O) groups is 2. The van der Waals surface area contributed by atoms with Crippen molar-refractivity contribution in [3.8, 4) is 0 Å². The third-order valence-corrected chi connectivity index (χ3v) is 4.90. The zero-order valence-corrected chi connectivity index (χ0v) is 16.1. The Hall–Kier alpha value is -3.12. The molecule has 0 aliphatic rings. The molecule has 0 aliphatic carbocycles. The maximum Gasteiger partial charge on any atom is 0.243 e. The largest absolute Gasteiger partial charge is 0.347 e. The Morgan fingerprint density at radius 2 is 1.64 bits per heavy atom. The van der Waals surface area contributed by atoms with E-state index in [0.717, 1.165) is 21.9 Å². The fraction of sp³-hybridized carbons (Fsp3) is 0.136. The van der Waals surface area contributed by atoms with Gasteiger partial charge >= 0.3 is 0 Å². The number of nitrogens with one attached hydrogen (secondary N) is 2. The van der Waals surface area contributed by atoms with Gasteiger partial charge in [-0.2, -0.15) is 0 Å². The second-order valence-corrected chi connectivity index (χ2v) is 7.14. The first-order valence-corrected chi connectivity index (χ1v) is 9.91. The van der Waals surface area contributed by atoms with Crippen molar-refractivity contribution in [1.29, 1.82) is 0 Å². The number of amides is 2. The van der Waals surface area contributed by atoms with Crippen LogP contribution >= 0.6 is 11.8 Å². The Morgan fingerprint density at radius 3 is 2.43 bits per heavy atom. The fourth-order valence-corrected chi connectivity index (χ4v) is 3.36. The summed E-state index contributed by atoms with van der Waals surface area (Å²) in [5.74, 6) is 0.326. The first kappa shape index (κ1) is 19.6. The van der Waals surface area contributed by atoms with Crippen molar-refractivity contribution in [1.82, 2.24) is 10.3 Å². The lowest BCUT2D eigenvalue weighted by atomic mass is 10.1. The van der Waals surface area contributed by atoms with Gasteiger partial charge in [-0.25, -0.2) is 4.98 Å². The van der Waals surface area contributed by atoms with Gasteiger partial charge in [0, 0.05) is 17.6 Å². The fourth-order valence-electron chi connectivity index (χ4n) is 2.56. The molecule has 0 atom stereocenters. The third-order valence-electron chi connectivity index (χ3n) is 3.89. The van der Waals surface area contributed by atoms with E-state index < -0.39 is 0 Å². The number of hydrogen-bond acceptors (Lipinski definition) is 4. The van der Waals surface area contributed by atoms with Crippen LogP contribution in [0.15, 0.2) is 84.0 Å². The molecule has 142 valence electrons. The average molecular weight is 391 g/mol. The molecule has 0 fully saturated rings. The van der Waals surface area contributed by atoms with Crippen LogP contribution < -0.4 is 10.6 Å². The molecule has 6 heteroatoms. The van der Waals surface area contributed by atoms with Crippen LogP contribution in [-0.4, -0.2) is 23.3 Å². The minimum absolute atomic E-state index is 0.0570. The lowest BCUT2D eigenvalue weighted by Crippen LogP contribution is -2.33. The van der Waals surface area contributed by atoms with Gasteiger partial charge in [0.15, 0.2) is 0 Å². The van der Waals surface area contributed by atoms with Gasteiger partial charge in [0.25, 0.3) is 0 Å². The van der Waals surface area contributed by atoms with Gasteiger partial charge in [0.1, 0.15) is 0 Å². The number of thioether (sulfide) groups is 1. The van der Waals surface area contributed by atoms with Crippen molar-refractivity contribution in [3.05, 3.63) is 90.1 Å². The zero-order chi connectivity index (χ0) is 19.6. The summed E-state index contributed by atoms with van der Waals surface area (Å²) in [6, 6.07) is 22.9. The van der Waals surface area contributed by atoms with E-state index in [2.05, 4.69) is 15.6 Å². The summed E-state index contributed by atoms with van der Waals surface area (Å²) in [7, 11) is 0. The van der Waals surface area contributed by atoms with Crippen molar-refractivity contribution in [2.75, 3.05) is 11.9 Å². The number of nitrogens with zero attached hydrogens (tertiary/aromatic N) is 1. The molecule has 0 saturated heterocycles. The van der Waals surface area contributed by atoms with Crippen molar-refractivity contribution in [2.45, 2.75) is 17.2 Å². The Labute approximate surface area is 168 Å². The molecular formula is C22H21N3O2S. The van der Waals surface area contributed by atoms with Gasteiger partial charge in [-0.1, -0.05) is 48.5 Å². The Morgan fingerprint density at radius 1 is 0.857 bits per heavy atom. The molecule has 2 aromatic carbocycles. The first-order valence-electron chi connectivity index (χ1n) is 8.92. The highest BCUT2D eigenvalue weighted by Gasteiger charge is 2.07. The molecule has 0 saturated carbocycles. The number of pyridine rings is 1. The van der Waals surface area contributed by atoms with Crippen LogP contribution in [-0.2, 0) is 21.8 Å². The molecular weight excluding hydrogens is 370 g/mol. The summed E-state index contributed by atoms with van der Waals surface area (Å²) >= 11 is 1.64. The predicted octanol–water partition coefficient (Wildman–Crippen LogP) is 3.67. The highest BCUT2D eigenvalue weighted by atomic mass is 32.2. The molecule has 0 spiro atoms. The monoisotopic (exact) mass is 391 g/mol. The summed E-state index contributed by atoms with van der Waals surface area (Å²) in [4.78, 5) is 28.4. The van der Waals surface area contributed by atoms with E-state index in [9.17, 15) is 9.59 Å². The molecule has 0 unspecified atom stereocenters. The van der Waals surface area contributed by atoms with Crippen LogP contribution in [0.25, 0.3) is 0 Å². The van der Waals surface area contributed by atoms with E-state index in [0.29, 0.717) is 5.69 Å². The number of rotatable bonds is 8. The Bertz CT molecular complexity index is 917. The lowest BCUT2D eigenvalue weighted by molar-refractivity contribution is -0.123. The zero-order valence-electron chi connectivity index (χ0n) is 15.3. The normalized spacial score (nSPS) is 10.3. The lowest BCUT2D eigenvalue weighted by Gasteiger charge is -2.09. The maximum absolute atomic E-state index is 12.1. The van der Waals surface area contributed by atoms with E-state index in [1.165, 1.54) is 0 Å². The highest BCUT2D eigenvalue weighted by Crippen LogP contribution is 2.22. The molecule has 0 radical (unpaired) electrons. The summed E-state index contributed by atoms with van der Waals surface area (Å²) < 4.78 is 0. The van der Waals surface area contributed by atoms with Gasteiger partial charge in [0.05, 0.1) is 18.0 Å². The number of hydrogen-bond donors (Lipinski definition) is 2. The van der Waals surface area contributed by atoms with Crippen LogP contribution in [0, 0.1) is 0 Å². The molecule has 2 amide bonds. The number of carbonyl (C=O) groups excluding carboxylic acids is 2. The molecule has 0 aliphatic heterocycles.